The van der Waals surface area contributed by atoms with Crippen LogP contribution in [0.3, 0.4) is 0 Å². The third kappa shape index (κ3) is 6.80. The molecule has 2 aliphatic heterocycles. The summed E-state index contributed by atoms with van der Waals surface area (Å²) in [4.78, 5) is 5.27. The lowest BCUT2D eigenvalue weighted by molar-refractivity contribution is 0.590. The van der Waals surface area contributed by atoms with Crippen LogP contribution in [0, 0.1) is 0 Å². The summed E-state index contributed by atoms with van der Waals surface area (Å²) in [7, 11) is 0. The Kier molecular flexibility index (Phi) is 10.0. The van der Waals surface area contributed by atoms with Crippen molar-refractivity contribution in [3.8, 4) is 44.5 Å². The average molecular weight is 979 g/mol. The number of rotatable bonds is 4. The topological polar surface area (TPSA) is 6.48 Å². The number of benzene rings is 10. The van der Waals surface area contributed by atoms with E-state index in [0.29, 0.717) is 0 Å². The molecular formula is C73H63BN2. The zero-order valence-corrected chi connectivity index (χ0v) is 45.3. The lowest BCUT2D eigenvalue weighted by Gasteiger charge is -2.46. The lowest BCUT2D eigenvalue weighted by Crippen LogP contribution is -2.62. The van der Waals surface area contributed by atoms with Gasteiger partial charge in [0.2, 0.25) is 0 Å². The average Bonchev–Trinajstić information content (AvgIpc) is 3.84. The molecule has 2 aliphatic carbocycles. The molecule has 0 fully saturated rings. The predicted molar refractivity (Wildman–Crippen MR) is 324 cm³/mol. The Hall–Kier alpha value is -8.14. The van der Waals surface area contributed by atoms with E-state index in [4.69, 9.17) is 0 Å². The fraction of sp³-hybridized carbons (Fsp3) is 0.178. The molecule has 1 spiro atoms. The Morgan fingerprint density at radius 2 is 0.750 bits per heavy atom. The summed E-state index contributed by atoms with van der Waals surface area (Å²) in [5, 5.41) is 0. The van der Waals surface area contributed by atoms with E-state index in [0.717, 1.165) is 11.4 Å². The second-order valence-electron chi connectivity index (χ2n) is 24.9. The molecule has 0 atom stereocenters. The first-order chi connectivity index (χ1) is 36.6. The van der Waals surface area contributed by atoms with E-state index in [1.54, 1.807) is 0 Å². The molecule has 0 unspecified atom stereocenters. The van der Waals surface area contributed by atoms with E-state index in [2.05, 4.69) is 291 Å². The van der Waals surface area contributed by atoms with Gasteiger partial charge in [-0.05, 0) is 171 Å². The predicted octanol–water partition coefficient (Wildman–Crippen LogP) is 17.3. The molecule has 0 saturated heterocycles. The quantitative estimate of drug-likeness (QED) is 0.162. The van der Waals surface area contributed by atoms with Crippen LogP contribution in [0.25, 0.3) is 44.5 Å². The standard InChI is InChI=1S/C73H63BN2/c1-70(2,3)50-32-35-53(36-33-50)75-66-44-58-57-28-18-21-31-61(57)73(59-29-19-16-26-55(59)56-27-17-20-30-60(56)73)62(58)45-64(66)74-63-41-51(71(4,5)6)34-37-65(63)76(68-43-52(72(7,8)9)42-67(75)69(68)74)54-39-48(46-22-12-10-13-23-46)38-49(40-54)47-24-14-11-15-25-47/h10-45H,1-9H3. The van der Waals surface area contributed by atoms with Gasteiger partial charge in [0.05, 0.1) is 5.41 Å². The Bertz CT molecular complexity index is 3890. The van der Waals surface area contributed by atoms with Crippen molar-refractivity contribution in [3.63, 3.8) is 0 Å². The SMILES string of the molecule is CC(C)(C)c1ccc(N2c3cc4c(cc3B3c5cc(C(C)(C)C)ccc5N(c5cc(-c6ccccc6)cc(-c6ccccc6)c5)c5cc(C(C)(C)C)cc2c53)C2(c3ccccc3-c3ccccc32)c2ccccc2-4)cc1. The fourth-order valence-corrected chi connectivity index (χ4v) is 13.5. The van der Waals surface area contributed by atoms with Crippen molar-refractivity contribution in [3.05, 3.63) is 257 Å². The van der Waals surface area contributed by atoms with E-state index in [1.165, 1.54) is 123 Å². The van der Waals surface area contributed by atoms with E-state index < -0.39 is 5.41 Å². The van der Waals surface area contributed by atoms with Crippen molar-refractivity contribution in [2.75, 3.05) is 9.80 Å². The molecule has 0 aromatic heterocycles. The molecule has 2 heterocycles. The van der Waals surface area contributed by atoms with Crippen molar-refractivity contribution < 1.29 is 0 Å². The van der Waals surface area contributed by atoms with Crippen LogP contribution >= 0.6 is 0 Å². The molecule has 368 valence electrons. The zero-order valence-electron chi connectivity index (χ0n) is 45.3. The Labute approximate surface area is 450 Å². The van der Waals surface area contributed by atoms with Crippen molar-refractivity contribution >= 4 is 57.2 Å². The molecule has 0 amide bonds. The van der Waals surface area contributed by atoms with Gasteiger partial charge in [0.1, 0.15) is 0 Å². The highest BCUT2D eigenvalue weighted by Gasteiger charge is 2.54. The minimum atomic E-state index is -0.491. The first-order valence-electron chi connectivity index (χ1n) is 27.4. The van der Waals surface area contributed by atoms with Gasteiger partial charge >= 0.3 is 0 Å². The van der Waals surface area contributed by atoms with Gasteiger partial charge in [-0.1, -0.05) is 226 Å². The minimum absolute atomic E-state index is 0.00330. The number of hydrogen-bond donors (Lipinski definition) is 0. The number of nitrogens with zero attached hydrogens (tertiary/aromatic N) is 2. The van der Waals surface area contributed by atoms with Crippen LogP contribution in [0.4, 0.5) is 34.1 Å². The smallest absolute Gasteiger partial charge is 0.252 e. The minimum Gasteiger partial charge on any atom is -0.311 e. The van der Waals surface area contributed by atoms with Crippen molar-refractivity contribution in [2.24, 2.45) is 0 Å². The molecule has 4 aliphatic rings. The molecule has 14 rings (SSSR count). The molecule has 10 aromatic carbocycles. The molecule has 0 N–H and O–H groups in total. The van der Waals surface area contributed by atoms with E-state index in [-0.39, 0.29) is 23.0 Å². The third-order valence-electron chi connectivity index (χ3n) is 17.3. The summed E-state index contributed by atoms with van der Waals surface area (Å²) in [6.07, 6.45) is 0. The Morgan fingerprint density at radius 1 is 0.303 bits per heavy atom. The van der Waals surface area contributed by atoms with Gasteiger partial charge in [0.15, 0.2) is 0 Å². The summed E-state index contributed by atoms with van der Waals surface area (Å²) in [5.74, 6) is 0. The van der Waals surface area contributed by atoms with Gasteiger partial charge in [0, 0.05) is 34.1 Å². The first-order valence-corrected chi connectivity index (χ1v) is 27.4. The maximum Gasteiger partial charge on any atom is 0.252 e. The Balaban J connectivity index is 1.13. The van der Waals surface area contributed by atoms with E-state index >= 15 is 0 Å². The van der Waals surface area contributed by atoms with Crippen LogP contribution in [-0.2, 0) is 21.7 Å². The maximum atomic E-state index is 2.68. The summed E-state index contributed by atoms with van der Waals surface area (Å²) in [6, 6.07) is 84.1. The first kappa shape index (κ1) is 46.4. The Morgan fingerprint density at radius 3 is 1.26 bits per heavy atom. The van der Waals surface area contributed by atoms with Gasteiger partial charge in [-0.25, -0.2) is 0 Å². The van der Waals surface area contributed by atoms with Crippen LogP contribution in [0.2, 0.25) is 0 Å². The lowest BCUT2D eigenvalue weighted by atomic mass is 9.33. The molecule has 0 radical (unpaired) electrons. The highest BCUT2D eigenvalue weighted by atomic mass is 15.2. The largest absolute Gasteiger partial charge is 0.311 e. The zero-order chi connectivity index (χ0) is 52.0. The van der Waals surface area contributed by atoms with Gasteiger partial charge < -0.3 is 9.80 Å². The molecule has 0 bridgehead atoms. The van der Waals surface area contributed by atoms with Crippen LogP contribution in [0.1, 0.15) is 101 Å². The van der Waals surface area contributed by atoms with Gasteiger partial charge in [-0.2, -0.15) is 0 Å². The monoisotopic (exact) mass is 979 g/mol. The number of hydrogen-bond acceptors (Lipinski definition) is 2. The second-order valence-corrected chi connectivity index (χ2v) is 24.9. The van der Waals surface area contributed by atoms with Crippen LogP contribution in [0.5, 0.6) is 0 Å². The van der Waals surface area contributed by atoms with Crippen LogP contribution < -0.4 is 26.2 Å². The number of anilines is 6. The maximum absolute atomic E-state index is 2.68. The van der Waals surface area contributed by atoms with Crippen LogP contribution in [-0.4, -0.2) is 6.71 Å². The normalized spacial score (nSPS) is 14.4. The molecule has 3 heteroatoms. The third-order valence-corrected chi connectivity index (χ3v) is 17.3. The highest BCUT2D eigenvalue weighted by Crippen LogP contribution is 2.63. The summed E-state index contributed by atoms with van der Waals surface area (Å²) >= 11 is 0. The second kappa shape index (κ2) is 16.4. The highest BCUT2D eigenvalue weighted by molar-refractivity contribution is 7.00. The van der Waals surface area contributed by atoms with Crippen molar-refractivity contribution in [1.82, 2.24) is 0 Å². The molecular weight excluding hydrogens is 916 g/mol. The van der Waals surface area contributed by atoms with E-state index in [1.807, 2.05) is 0 Å². The molecule has 0 saturated carbocycles. The fourth-order valence-electron chi connectivity index (χ4n) is 13.5. The summed E-state index contributed by atoms with van der Waals surface area (Å²) in [5.41, 5.74) is 29.9. The van der Waals surface area contributed by atoms with Gasteiger partial charge in [-0.3, -0.25) is 0 Å². The van der Waals surface area contributed by atoms with Crippen molar-refractivity contribution in [1.29, 1.82) is 0 Å². The van der Waals surface area contributed by atoms with Gasteiger partial charge in [-0.15, -0.1) is 0 Å². The molecule has 76 heavy (non-hydrogen) atoms. The number of fused-ring (bicyclic) bond motifs is 14. The van der Waals surface area contributed by atoms with Crippen LogP contribution in [0.15, 0.2) is 218 Å². The van der Waals surface area contributed by atoms with Gasteiger partial charge in [0.25, 0.3) is 6.71 Å². The summed E-state index contributed by atoms with van der Waals surface area (Å²) in [6.45, 7) is 21.1. The molecule has 10 aromatic rings. The molecule has 2 nitrogen and oxygen atoms in total. The summed E-state index contributed by atoms with van der Waals surface area (Å²) < 4.78 is 0. The van der Waals surface area contributed by atoms with E-state index in [9.17, 15) is 0 Å². The van der Waals surface area contributed by atoms with Crippen molar-refractivity contribution in [2.45, 2.75) is 84.0 Å².